The summed E-state index contributed by atoms with van der Waals surface area (Å²) in [6.07, 6.45) is 0.277. The zero-order valence-corrected chi connectivity index (χ0v) is 9.51. The summed E-state index contributed by atoms with van der Waals surface area (Å²) >= 11 is 0. The zero-order chi connectivity index (χ0) is 13.7. The van der Waals surface area contributed by atoms with Gasteiger partial charge in [-0.1, -0.05) is 6.92 Å². The van der Waals surface area contributed by atoms with E-state index in [9.17, 15) is 19.3 Å². The molecule has 1 N–H and O–H groups in total. The summed E-state index contributed by atoms with van der Waals surface area (Å²) in [5, 5.41) is 21.4. The molecule has 1 rings (SSSR count). The minimum atomic E-state index is -0.913. The number of non-ortho nitro benzene ring substituents is 1. The number of benzene rings is 1. The average Bonchev–Trinajstić information content (AvgIpc) is 2.33. The van der Waals surface area contributed by atoms with Crippen molar-refractivity contribution in [2.45, 2.75) is 13.3 Å². The molecule has 1 unspecified atom stereocenters. The number of nitriles is 1. The number of hydrogen-bond donors (Lipinski definition) is 1. The Labute approximate surface area is 102 Å². The van der Waals surface area contributed by atoms with Crippen LogP contribution in [-0.2, 0) is 4.79 Å². The number of carbonyl (C=O) groups is 1. The average molecular weight is 251 g/mol. The van der Waals surface area contributed by atoms with Gasteiger partial charge in [0.15, 0.2) is 0 Å². The molecule has 1 aromatic carbocycles. The molecule has 0 heterocycles. The number of amides is 1. The first-order valence-corrected chi connectivity index (χ1v) is 5.14. The van der Waals surface area contributed by atoms with Crippen LogP contribution >= 0.6 is 0 Å². The first-order valence-electron chi connectivity index (χ1n) is 5.14. The van der Waals surface area contributed by atoms with E-state index in [0.717, 1.165) is 18.2 Å². The maximum atomic E-state index is 13.3. The van der Waals surface area contributed by atoms with Gasteiger partial charge in [-0.05, 0) is 12.5 Å². The number of nitrogens with zero attached hydrogens (tertiary/aromatic N) is 2. The van der Waals surface area contributed by atoms with Gasteiger partial charge in [-0.15, -0.1) is 0 Å². The normalized spacial score (nSPS) is 11.4. The second-order valence-corrected chi connectivity index (χ2v) is 3.50. The lowest BCUT2D eigenvalue weighted by atomic mass is 10.1. The molecule has 0 spiro atoms. The van der Waals surface area contributed by atoms with Gasteiger partial charge in [-0.25, -0.2) is 4.39 Å². The number of hydrogen-bond acceptors (Lipinski definition) is 4. The molecular formula is C11H10FN3O3. The van der Waals surface area contributed by atoms with Crippen LogP contribution in [-0.4, -0.2) is 10.8 Å². The first kappa shape index (κ1) is 13.6. The van der Waals surface area contributed by atoms with E-state index in [2.05, 4.69) is 5.32 Å². The molecule has 1 aromatic rings. The summed E-state index contributed by atoms with van der Waals surface area (Å²) in [6.45, 7) is 1.64. The predicted octanol–water partition coefficient (Wildman–Crippen LogP) is 2.22. The monoisotopic (exact) mass is 251 g/mol. The topological polar surface area (TPSA) is 96.0 Å². The number of rotatable bonds is 4. The lowest BCUT2D eigenvalue weighted by Crippen LogP contribution is -2.21. The number of halogens is 1. The minimum Gasteiger partial charge on any atom is -0.322 e. The Morgan fingerprint density at radius 1 is 1.67 bits per heavy atom. The highest BCUT2D eigenvalue weighted by atomic mass is 19.1. The van der Waals surface area contributed by atoms with Gasteiger partial charge in [0, 0.05) is 12.1 Å². The van der Waals surface area contributed by atoms with Crippen LogP contribution in [0.15, 0.2) is 18.2 Å². The van der Waals surface area contributed by atoms with Crippen molar-refractivity contribution in [3.63, 3.8) is 0 Å². The highest BCUT2D eigenvalue weighted by molar-refractivity contribution is 5.94. The van der Waals surface area contributed by atoms with Crippen molar-refractivity contribution in [2.75, 3.05) is 5.32 Å². The highest BCUT2D eigenvalue weighted by Crippen LogP contribution is 2.21. The van der Waals surface area contributed by atoms with Gasteiger partial charge >= 0.3 is 0 Å². The second kappa shape index (κ2) is 5.72. The third kappa shape index (κ3) is 3.01. The molecule has 0 aliphatic heterocycles. The summed E-state index contributed by atoms with van der Waals surface area (Å²) < 4.78 is 13.3. The van der Waals surface area contributed by atoms with Gasteiger partial charge in [0.2, 0.25) is 5.91 Å². The summed E-state index contributed by atoms with van der Waals surface area (Å²) in [5.74, 6) is -2.38. The molecule has 7 heteroatoms. The smallest absolute Gasteiger partial charge is 0.271 e. The van der Waals surface area contributed by atoms with Crippen LogP contribution in [0.1, 0.15) is 13.3 Å². The van der Waals surface area contributed by atoms with E-state index in [-0.39, 0.29) is 17.8 Å². The van der Waals surface area contributed by atoms with E-state index >= 15 is 0 Å². The van der Waals surface area contributed by atoms with E-state index in [1.54, 1.807) is 13.0 Å². The standard InChI is InChI=1S/C11H10FN3O3/c1-2-7(6-13)11(16)14-10-5-8(15(17)18)3-4-9(10)12/h3-5,7H,2H2,1H3,(H,14,16). The van der Waals surface area contributed by atoms with Gasteiger partial charge < -0.3 is 5.32 Å². The highest BCUT2D eigenvalue weighted by Gasteiger charge is 2.18. The fourth-order valence-electron chi connectivity index (χ4n) is 1.28. The SMILES string of the molecule is CCC(C#N)C(=O)Nc1cc([N+](=O)[O-])ccc1F. The van der Waals surface area contributed by atoms with E-state index in [1.165, 1.54) is 0 Å². The van der Waals surface area contributed by atoms with Crippen LogP contribution in [0.25, 0.3) is 0 Å². The third-order valence-electron chi connectivity index (χ3n) is 2.30. The number of nitro groups is 1. The Kier molecular flexibility index (Phi) is 4.32. The lowest BCUT2D eigenvalue weighted by Gasteiger charge is -2.08. The first-order chi connectivity index (χ1) is 8.49. The van der Waals surface area contributed by atoms with Crippen LogP contribution in [0.2, 0.25) is 0 Å². The largest absolute Gasteiger partial charge is 0.322 e. The maximum Gasteiger partial charge on any atom is 0.271 e. The van der Waals surface area contributed by atoms with Gasteiger partial charge in [0.05, 0.1) is 16.7 Å². The summed E-state index contributed by atoms with van der Waals surface area (Å²) in [4.78, 5) is 21.4. The van der Waals surface area contributed by atoms with Gasteiger partial charge in [-0.3, -0.25) is 14.9 Å². The number of nitro benzene ring substituents is 1. The molecule has 0 bridgehead atoms. The fourth-order valence-corrected chi connectivity index (χ4v) is 1.28. The molecular weight excluding hydrogens is 241 g/mol. The number of nitrogens with one attached hydrogen (secondary N) is 1. The zero-order valence-electron chi connectivity index (χ0n) is 9.51. The Bertz CT molecular complexity index is 525. The van der Waals surface area contributed by atoms with Crippen molar-refractivity contribution >= 4 is 17.3 Å². The molecule has 0 fully saturated rings. The van der Waals surface area contributed by atoms with Crippen molar-refractivity contribution in [3.8, 4) is 6.07 Å². The molecule has 0 aliphatic rings. The van der Waals surface area contributed by atoms with Crippen LogP contribution in [0.4, 0.5) is 15.8 Å². The molecule has 0 aromatic heterocycles. The van der Waals surface area contributed by atoms with E-state index < -0.39 is 22.6 Å². The van der Waals surface area contributed by atoms with Crippen LogP contribution < -0.4 is 5.32 Å². The maximum absolute atomic E-state index is 13.3. The van der Waals surface area contributed by atoms with Crippen LogP contribution in [0.3, 0.4) is 0 Å². The quantitative estimate of drug-likeness (QED) is 0.655. The van der Waals surface area contributed by atoms with E-state index in [4.69, 9.17) is 5.26 Å². The molecule has 1 amide bonds. The minimum absolute atomic E-state index is 0.277. The van der Waals surface area contributed by atoms with Gasteiger partial charge in [0.25, 0.3) is 5.69 Å². The third-order valence-corrected chi connectivity index (χ3v) is 2.30. The Morgan fingerprint density at radius 3 is 2.83 bits per heavy atom. The van der Waals surface area contributed by atoms with Crippen molar-refractivity contribution in [1.29, 1.82) is 5.26 Å². The Morgan fingerprint density at radius 2 is 2.33 bits per heavy atom. The molecule has 0 saturated carbocycles. The van der Waals surface area contributed by atoms with Crippen LogP contribution in [0, 0.1) is 33.2 Å². The second-order valence-electron chi connectivity index (χ2n) is 3.50. The summed E-state index contributed by atoms with van der Waals surface area (Å²) in [6, 6.07) is 4.56. The molecule has 0 radical (unpaired) electrons. The van der Waals surface area contributed by atoms with Crippen molar-refractivity contribution < 1.29 is 14.1 Å². The van der Waals surface area contributed by atoms with Crippen molar-refractivity contribution in [2.24, 2.45) is 5.92 Å². The Hall–Kier alpha value is -2.49. The van der Waals surface area contributed by atoms with Gasteiger partial charge in [-0.2, -0.15) is 5.26 Å². The molecule has 0 aliphatic carbocycles. The van der Waals surface area contributed by atoms with E-state index in [1.807, 2.05) is 0 Å². The molecule has 94 valence electrons. The van der Waals surface area contributed by atoms with Gasteiger partial charge in [0.1, 0.15) is 11.7 Å². The Balaban J connectivity index is 2.97. The molecule has 18 heavy (non-hydrogen) atoms. The van der Waals surface area contributed by atoms with Crippen molar-refractivity contribution in [3.05, 3.63) is 34.1 Å². The van der Waals surface area contributed by atoms with E-state index in [0.29, 0.717) is 0 Å². The molecule has 6 nitrogen and oxygen atoms in total. The van der Waals surface area contributed by atoms with Crippen molar-refractivity contribution in [1.82, 2.24) is 0 Å². The molecule has 1 atom stereocenters. The predicted molar refractivity (Wildman–Crippen MR) is 61.1 cm³/mol. The summed E-state index contributed by atoms with van der Waals surface area (Å²) in [5.41, 5.74) is -0.639. The number of anilines is 1. The summed E-state index contributed by atoms with van der Waals surface area (Å²) in [7, 11) is 0. The molecule has 0 saturated heterocycles. The fraction of sp³-hybridized carbons (Fsp3) is 0.273. The number of carbonyl (C=O) groups excluding carboxylic acids is 1. The lowest BCUT2D eigenvalue weighted by molar-refractivity contribution is -0.384. The van der Waals surface area contributed by atoms with Crippen LogP contribution in [0.5, 0.6) is 0 Å².